The maximum absolute atomic E-state index is 12.9. The number of pyridine rings is 2. The molecule has 0 aliphatic carbocycles. The van der Waals surface area contributed by atoms with Crippen LogP contribution in [-0.4, -0.2) is 9.97 Å². The minimum absolute atomic E-state index is 0.319. The molecule has 2 heterocycles. The van der Waals surface area contributed by atoms with Crippen LogP contribution in [-0.2, 0) is 5.75 Å². The Hall–Kier alpha value is -1.62. The van der Waals surface area contributed by atoms with Crippen LogP contribution in [0.25, 0.3) is 0 Å². The number of hydrogen-bond acceptors (Lipinski definition) is 4. The Labute approximate surface area is 96.9 Å². The Morgan fingerprint density at radius 1 is 1.25 bits per heavy atom. The number of thioether (sulfide) groups is 1. The summed E-state index contributed by atoms with van der Waals surface area (Å²) in [5.41, 5.74) is 7.21. The topological polar surface area (TPSA) is 51.8 Å². The molecular weight excluding hydrogens is 225 g/mol. The molecule has 16 heavy (non-hydrogen) atoms. The summed E-state index contributed by atoms with van der Waals surface area (Å²) in [6, 6.07) is 3.31. The molecule has 0 aromatic carbocycles. The van der Waals surface area contributed by atoms with Gasteiger partial charge in [-0.3, -0.25) is 9.97 Å². The van der Waals surface area contributed by atoms with Crippen LogP contribution in [0, 0.1) is 5.82 Å². The van der Waals surface area contributed by atoms with E-state index >= 15 is 0 Å². The fraction of sp³-hybridized carbons (Fsp3) is 0.0909. The predicted octanol–water partition coefficient (Wildman–Crippen LogP) is 2.49. The monoisotopic (exact) mass is 235 g/mol. The number of nitrogen functional groups attached to an aromatic ring is 1. The average Bonchev–Trinajstić information content (AvgIpc) is 2.28. The molecule has 82 valence electrons. The lowest BCUT2D eigenvalue weighted by atomic mass is 10.3. The van der Waals surface area contributed by atoms with Crippen LogP contribution in [0.3, 0.4) is 0 Å². The summed E-state index contributed by atoms with van der Waals surface area (Å²) >= 11 is 1.54. The van der Waals surface area contributed by atoms with E-state index in [2.05, 4.69) is 9.97 Å². The van der Waals surface area contributed by atoms with E-state index in [1.807, 2.05) is 6.07 Å². The lowest BCUT2D eigenvalue weighted by molar-refractivity contribution is 0.619. The highest BCUT2D eigenvalue weighted by atomic mass is 32.2. The van der Waals surface area contributed by atoms with Gasteiger partial charge in [-0.05, 0) is 17.7 Å². The Morgan fingerprint density at radius 2 is 2.12 bits per heavy atom. The van der Waals surface area contributed by atoms with Gasteiger partial charge < -0.3 is 5.73 Å². The second kappa shape index (κ2) is 4.94. The molecule has 0 aliphatic heterocycles. The van der Waals surface area contributed by atoms with Crippen molar-refractivity contribution in [1.29, 1.82) is 0 Å². The standard InChI is InChI=1S/C11H10FN3S/c12-9-3-8(4-15-5-9)7-16-11-1-2-14-6-10(11)13/h1-6H,7,13H2. The first-order chi connectivity index (χ1) is 7.75. The zero-order valence-corrected chi connectivity index (χ0v) is 9.25. The molecule has 0 radical (unpaired) electrons. The van der Waals surface area contributed by atoms with Crippen LogP contribution in [0.2, 0.25) is 0 Å². The van der Waals surface area contributed by atoms with E-state index < -0.39 is 0 Å². The quantitative estimate of drug-likeness (QED) is 0.830. The molecule has 0 aliphatic rings. The highest BCUT2D eigenvalue weighted by Gasteiger charge is 2.01. The van der Waals surface area contributed by atoms with Gasteiger partial charge in [0.15, 0.2) is 0 Å². The van der Waals surface area contributed by atoms with E-state index in [4.69, 9.17) is 5.73 Å². The van der Waals surface area contributed by atoms with Gasteiger partial charge in [0.1, 0.15) is 5.82 Å². The first kappa shape index (κ1) is 10.9. The molecule has 0 saturated carbocycles. The summed E-state index contributed by atoms with van der Waals surface area (Å²) in [7, 11) is 0. The second-order valence-electron chi connectivity index (χ2n) is 3.21. The number of halogens is 1. The zero-order valence-electron chi connectivity index (χ0n) is 8.43. The van der Waals surface area contributed by atoms with Crippen molar-refractivity contribution in [1.82, 2.24) is 9.97 Å². The fourth-order valence-electron chi connectivity index (χ4n) is 1.22. The summed E-state index contributed by atoms with van der Waals surface area (Å²) in [5, 5.41) is 0. The van der Waals surface area contributed by atoms with E-state index in [1.165, 1.54) is 24.0 Å². The zero-order chi connectivity index (χ0) is 11.4. The van der Waals surface area contributed by atoms with E-state index in [0.29, 0.717) is 11.4 Å². The van der Waals surface area contributed by atoms with Crippen molar-refractivity contribution in [2.24, 2.45) is 0 Å². The molecule has 5 heteroatoms. The lowest BCUT2D eigenvalue weighted by Crippen LogP contribution is -1.90. The Kier molecular flexibility index (Phi) is 3.36. The minimum Gasteiger partial charge on any atom is -0.397 e. The van der Waals surface area contributed by atoms with Gasteiger partial charge in [-0.2, -0.15) is 0 Å². The number of rotatable bonds is 3. The van der Waals surface area contributed by atoms with Gasteiger partial charge in [0.2, 0.25) is 0 Å². The second-order valence-corrected chi connectivity index (χ2v) is 4.23. The van der Waals surface area contributed by atoms with Crippen molar-refractivity contribution < 1.29 is 4.39 Å². The molecule has 0 fully saturated rings. The molecule has 0 atom stereocenters. The Balaban J connectivity index is 2.05. The van der Waals surface area contributed by atoms with Crippen molar-refractivity contribution in [3.05, 3.63) is 48.3 Å². The van der Waals surface area contributed by atoms with Gasteiger partial charge >= 0.3 is 0 Å². The van der Waals surface area contributed by atoms with Crippen LogP contribution >= 0.6 is 11.8 Å². The van der Waals surface area contributed by atoms with Gasteiger partial charge in [0.25, 0.3) is 0 Å². The van der Waals surface area contributed by atoms with Crippen LogP contribution in [0.4, 0.5) is 10.1 Å². The third kappa shape index (κ3) is 2.70. The largest absolute Gasteiger partial charge is 0.397 e. The fourth-order valence-corrected chi connectivity index (χ4v) is 2.08. The van der Waals surface area contributed by atoms with Crippen molar-refractivity contribution in [3.63, 3.8) is 0 Å². The summed E-state index contributed by atoms with van der Waals surface area (Å²) in [6.07, 6.45) is 6.12. The van der Waals surface area contributed by atoms with Crippen molar-refractivity contribution in [2.45, 2.75) is 10.6 Å². The number of nitrogens with two attached hydrogens (primary N) is 1. The maximum atomic E-state index is 12.9. The summed E-state index contributed by atoms with van der Waals surface area (Å²) < 4.78 is 12.9. The molecule has 2 rings (SSSR count). The van der Waals surface area contributed by atoms with Crippen molar-refractivity contribution in [2.75, 3.05) is 5.73 Å². The number of aromatic nitrogens is 2. The summed E-state index contributed by atoms with van der Waals surface area (Å²) in [5.74, 6) is 0.319. The third-order valence-electron chi connectivity index (χ3n) is 1.97. The molecule has 3 nitrogen and oxygen atoms in total. The first-order valence-electron chi connectivity index (χ1n) is 4.67. The molecule has 0 bridgehead atoms. The normalized spacial score (nSPS) is 10.3. The lowest BCUT2D eigenvalue weighted by Gasteiger charge is -2.04. The smallest absolute Gasteiger partial charge is 0.141 e. The molecule has 2 N–H and O–H groups in total. The van der Waals surface area contributed by atoms with Gasteiger partial charge in [0, 0.05) is 23.0 Å². The van der Waals surface area contributed by atoms with Crippen molar-refractivity contribution in [3.8, 4) is 0 Å². The van der Waals surface area contributed by atoms with E-state index in [-0.39, 0.29) is 5.82 Å². The maximum Gasteiger partial charge on any atom is 0.141 e. The van der Waals surface area contributed by atoms with E-state index in [0.717, 1.165) is 10.5 Å². The summed E-state index contributed by atoms with van der Waals surface area (Å²) in [4.78, 5) is 8.63. The number of nitrogens with zero attached hydrogens (tertiary/aromatic N) is 2. The SMILES string of the molecule is Nc1cnccc1SCc1cncc(F)c1. The highest BCUT2D eigenvalue weighted by molar-refractivity contribution is 7.98. The minimum atomic E-state index is -0.319. The third-order valence-corrected chi connectivity index (χ3v) is 3.13. The van der Waals surface area contributed by atoms with Gasteiger partial charge in [-0.15, -0.1) is 11.8 Å². The molecular formula is C11H10FN3S. The summed E-state index contributed by atoms with van der Waals surface area (Å²) in [6.45, 7) is 0. The molecule has 0 amide bonds. The molecule has 0 unspecified atom stereocenters. The van der Waals surface area contributed by atoms with Crippen LogP contribution in [0.1, 0.15) is 5.56 Å². The van der Waals surface area contributed by atoms with Crippen LogP contribution < -0.4 is 5.73 Å². The molecule has 2 aromatic rings. The highest BCUT2D eigenvalue weighted by Crippen LogP contribution is 2.26. The average molecular weight is 235 g/mol. The number of hydrogen-bond donors (Lipinski definition) is 1. The number of anilines is 1. The predicted molar refractivity (Wildman–Crippen MR) is 62.4 cm³/mol. The molecule has 0 saturated heterocycles. The molecule has 0 spiro atoms. The van der Waals surface area contributed by atoms with E-state index in [9.17, 15) is 4.39 Å². The van der Waals surface area contributed by atoms with Crippen LogP contribution in [0.15, 0.2) is 41.8 Å². The first-order valence-corrected chi connectivity index (χ1v) is 5.66. The van der Waals surface area contributed by atoms with Crippen molar-refractivity contribution >= 4 is 17.4 Å². The molecule has 2 aromatic heterocycles. The Morgan fingerprint density at radius 3 is 2.88 bits per heavy atom. The Bertz CT molecular complexity index is 490. The van der Waals surface area contributed by atoms with E-state index in [1.54, 1.807) is 18.6 Å². The van der Waals surface area contributed by atoms with Gasteiger partial charge in [0.05, 0.1) is 18.1 Å². The van der Waals surface area contributed by atoms with Crippen LogP contribution in [0.5, 0.6) is 0 Å². The van der Waals surface area contributed by atoms with Gasteiger partial charge in [-0.1, -0.05) is 0 Å². The van der Waals surface area contributed by atoms with Gasteiger partial charge in [-0.25, -0.2) is 4.39 Å².